The summed E-state index contributed by atoms with van der Waals surface area (Å²) in [5.74, 6) is 0.615. The maximum absolute atomic E-state index is 12.3. The maximum atomic E-state index is 12.3. The van der Waals surface area contributed by atoms with Crippen molar-refractivity contribution in [2.75, 3.05) is 13.7 Å². The van der Waals surface area contributed by atoms with Crippen LogP contribution in [0.2, 0.25) is 0 Å². The van der Waals surface area contributed by atoms with Crippen LogP contribution in [-0.4, -0.2) is 39.9 Å². The first-order chi connectivity index (χ1) is 12.4. The van der Waals surface area contributed by atoms with E-state index in [0.717, 1.165) is 11.3 Å². The average Bonchev–Trinajstić information content (AvgIpc) is 2.63. The number of aliphatic hydroxyl groups excluding tert-OH is 1. The number of methoxy groups -OCH3 is 1. The van der Waals surface area contributed by atoms with E-state index in [1.165, 1.54) is 11.8 Å². The molecule has 8 heteroatoms. The molecule has 0 fully saturated rings. The number of rotatable bonds is 8. The van der Waals surface area contributed by atoms with E-state index in [2.05, 4.69) is 15.3 Å². The molecule has 0 aliphatic carbocycles. The first-order valence-corrected chi connectivity index (χ1v) is 9.10. The molecule has 1 atom stereocenters. The summed E-state index contributed by atoms with van der Waals surface area (Å²) in [6.45, 7) is 3.78. The quantitative estimate of drug-likeness (QED) is 0.475. The van der Waals surface area contributed by atoms with E-state index in [1.807, 2.05) is 24.3 Å². The molecule has 140 valence electrons. The molecule has 1 heterocycles. The number of benzene rings is 1. The van der Waals surface area contributed by atoms with Gasteiger partial charge in [0.1, 0.15) is 5.75 Å². The molecule has 1 aromatic carbocycles. The zero-order valence-electron chi connectivity index (χ0n) is 15.0. The zero-order valence-corrected chi connectivity index (χ0v) is 15.9. The van der Waals surface area contributed by atoms with E-state index in [1.54, 1.807) is 21.0 Å². The molecule has 3 N–H and O–H groups in total. The van der Waals surface area contributed by atoms with E-state index >= 15 is 0 Å². The van der Waals surface area contributed by atoms with E-state index in [4.69, 9.17) is 9.84 Å². The van der Waals surface area contributed by atoms with Crippen LogP contribution in [0.1, 0.15) is 23.7 Å². The molecule has 0 aliphatic rings. The van der Waals surface area contributed by atoms with E-state index < -0.39 is 5.25 Å². The topological polar surface area (TPSA) is 104 Å². The van der Waals surface area contributed by atoms with E-state index in [-0.39, 0.29) is 24.5 Å². The summed E-state index contributed by atoms with van der Waals surface area (Å²) in [6.07, 6.45) is 0.261. The Hall–Kier alpha value is -2.32. The predicted octanol–water partition coefficient (Wildman–Crippen LogP) is 1.42. The molecule has 0 spiro atoms. The van der Waals surface area contributed by atoms with Crippen molar-refractivity contribution in [1.82, 2.24) is 15.3 Å². The number of nitrogens with one attached hydrogen (secondary N) is 2. The Morgan fingerprint density at radius 3 is 2.65 bits per heavy atom. The lowest BCUT2D eigenvalue weighted by Gasteiger charge is -2.12. The number of aromatic amines is 1. The number of aromatic nitrogens is 2. The highest BCUT2D eigenvalue weighted by Crippen LogP contribution is 2.19. The van der Waals surface area contributed by atoms with Gasteiger partial charge in [-0.05, 0) is 31.5 Å². The molecule has 1 aromatic heterocycles. The SMILES string of the molecule is COc1ccc(CNC(=O)[C@H](C)Sc2nc(C)c(CCO)c(=O)[nH]2)cc1. The third-order valence-electron chi connectivity index (χ3n) is 3.85. The highest BCUT2D eigenvalue weighted by molar-refractivity contribution is 8.00. The number of carbonyl (C=O) groups excluding carboxylic acids is 1. The lowest BCUT2D eigenvalue weighted by Crippen LogP contribution is -2.31. The predicted molar refractivity (Wildman–Crippen MR) is 101 cm³/mol. The molecular weight excluding hydrogens is 354 g/mol. The number of aliphatic hydroxyl groups is 1. The zero-order chi connectivity index (χ0) is 19.1. The molecule has 2 rings (SSSR count). The number of H-pyrrole nitrogens is 1. The second-order valence-corrected chi connectivity index (χ2v) is 7.06. The van der Waals surface area contributed by atoms with Gasteiger partial charge in [-0.25, -0.2) is 4.98 Å². The van der Waals surface area contributed by atoms with Gasteiger partial charge in [0.2, 0.25) is 5.91 Å². The number of hydrogen-bond acceptors (Lipinski definition) is 6. The number of hydrogen-bond donors (Lipinski definition) is 3. The summed E-state index contributed by atoms with van der Waals surface area (Å²) >= 11 is 1.19. The van der Waals surface area contributed by atoms with Crippen LogP contribution < -0.4 is 15.6 Å². The van der Waals surface area contributed by atoms with Gasteiger partial charge < -0.3 is 20.1 Å². The fourth-order valence-electron chi connectivity index (χ4n) is 2.34. The van der Waals surface area contributed by atoms with Crippen molar-refractivity contribution in [1.29, 1.82) is 0 Å². The van der Waals surface area contributed by atoms with Gasteiger partial charge in [0.25, 0.3) is 5.56 Å². The van der Waals surface area contributed by atoms with Crippen molar-refractivity contribution in [3.8, 4) is 5.75 Å². The van der Waals surface area contributed by atoms with Gasteiger partial charge in [-0.3, -0.25) is 9.59 Å². The van der Waals surface area contributed by atoms with Crippen molar-refractivity contribution in [3.63, 3.8) is 0 Å². The number of ether oxygens (including phenoxy) is 1. The van der Waals surface area contributed by atoms with Crippen LogP contribution in [0.4, 0.5) is 0 Å². The van der Waals surface area contributed by atoms with Crippen LogP contribution in [0.5, 0.6) is 5.75 Å². The number of aryl methyl sites for hydroxylation is 1. The van der Waals surface area contributed by atoms with Crippen molar-refractivity contribution in [2.24, 2.45) is 0 Å². The fraction of sp³-hybridized carbons (Fsp3) is 0.389. The molecule has 0 aliphatic heterocycles. The normalized spacial score (nSPS) is 11.8. The molecule has 26 heavy (non-hydrogen) atoms. The highest BCUT2D eigenvalue weighted by atomic mass is 32.2. The number of amides is 1. The van der Waals surface area contributed by atoms with Crippen LogP contribution in [0.25, 0.3) is 0 Å². The summed E-state index contributed by atoms with van der Waals surface area (Å²) < 4.78 is 5.10. The number of thioether (sulfide) groups is 1. The summed E-state index contributed by atoms with van der Waals surface area (Å²) in [4.78, 5) is 31.3. The Bertz CT molecular complexity index is 805. The third kappa shape index (κ3) is 5.34. The molecule has 7 nitrogen and oxygen atoms in total. The smallest absolute Gasteiger partial charge is 0.255 e. The molecular formula is C18H23N3O4S. The molecule has 0 unspecified atom stereocenters. The largest absolute Gasteiger partial charge is 0.497 e. The van der Waals surface area contributed by atoms with Gasteiger partial charge in [-0.15, -0.1) is 0 Å². The molecule has 1 amide bonds. The Morgan fingerprint density at radius 2 is 2.08 bits per heavy atom. The van der Waals surface area contributed by atoms with Crippen LogP contribution in [0.15, 0.2) is 34.2 Å². The third-order valence-corrected chi connectivity index (χ3v) is 4.83. The lowest BCUT2D eigenvalue weighted by molar-refractivity contribution is -0.120. The van der Waals surface area contributed by atoms with E-state index in [9.17, 15) is 9.59 Å². The van der Waals surface area contributed by atoms with Crippen molar-refractivity contribution in [2.45, 2.75) is 37.2 Å². The number of carbonyl (C=O) groups is 1. The molecule has 0 bridgehead atoms. The highest BCUT2D eigenvalue weighted by Gasteiger charge is 2.17. The summed E-state index contributed by atoms with van der Waals surface area (Å²) in [5.41, 5.74) is 1.72. The van der Waals surface area contributed by atoms with Crippen molar-refractivity contribution in [3.05, 3.63) is 51.4 Å². The van der Waals surface area contributed by atoms with Gasteiger partial charge >= 0.3 is 0 Å². The lowest BCUT2D eigenvalue weighted by atomic mass is 10.2. The van der Waals surface area contributed by atoms with E-state index in [0.29, 0.717) is 23.0 Å². The van der Waals surface area contributed by atoms with Crippen LogP contribution in [0, 0.1) is 6.92 Å². The van der Waals surface area contributed by atoms with Crippen LogP contribution >= 0.6 is 11.8 Å². The minimum atomic E-state index is -0.417. The maximum Gasteiger partial charge on any atom is 0.255 e. The molecule has 0 radical (unpaired) electrons. The molecule has 2 aromatic rings. The van der Waals surface area contributed by atoms with Crippen molar-refractivity contribution >= 4 is 17.7 Å². The Kier molecular flexibility index (Phi) is 7.23. The van der Waals surface area contributed by atoms with Gasteiger partial charge in [0, 0.05) is 30.8 Å². The Morgan fingerprint density at radius 1 is 1.38 bits per heavy atom. The second-order valence-electron chi connectivity index (χ2n) is 5.73. The first-order valence-electron chi connectivity index (χ1n) is 8.22. The van der Waals surface area contributed by atoms with Gasteiger partial charge in [-0.2, -0.15) is 0 Å². The Balaban J connectivity index is 1.95. The minimum Gasteiger partial charge on any atom is -0.497 e. The van der Waals surface area contributed by atoms with Gasteiger partial charge in [0.05, 0.1) is 12.4 Å². The number of nitrogens with zero attached hydrogens (tertiary/aromatic N) is 1. The van der Waals surface area contributed by atoms with Crippen molar-refractivity contribution < 1.29 is 14.6 Å². The van der Waals surface area contributed by atoms with Gasteiger partial charge in [0.15, 0.2) is 5.16 Å². The summed E-state index contributed by atoms with van der Waals surface area (Å²) in [7, 11) is 1.60. The Labute approximate surface area is 156 Å². The van der Waals surface area contributed by atoms with Crippen LogP contribution in [-0.2, 0) is 17.8 Å². The van der Waals surface area contributed by atoms with Gasteiger partial charge in [-0.1, -0.05) is 23.9 Å². The standard InChI is InChI=1S/C18H23N3O4S/c1-11-15(8-9-22)17(24)21-18(20-11)26-12(2)16(23)19-10-13-4-6-14(25-3)7-5-13/h4-7,12,22H,8-10H2,1-3H3,(H,19,23)(H,20,21,24)/t12-/m0/s1. The average molecular weight is 377 g/mol. The van der Waals surface area contributed by atoms with Crippen LogP contribution in [0.3, 0.4) is 0 Å². The minimum absolute atomic E-state index is 0.109. The second kappa shape index (κ2) is 9.40. The monoisotopic (exact) mass is 377 g/mol. The first kappa shape index (κ1) is 20.0. The fourth-order valence-corrected chi connectivity index (χ4v) is 3.21. The summed E-state index contributed by atoms with van der Waals surface area (Å²) in [5, 5.41) is 11.8. The molecule has 0 saturated heterocycles. The molecule has 0 saturated carbocycles. The summed E-state index contributed by atoms with van der Waals surface area (Å²) in [6, 6.07) is 7.45.